The Morgan fingerprint density at radius 3 is 2.67 bits per heavy atom. The summed E-state index contributed by atoms with van der Waals surface area (Å²) < 4.78 is 7.62. The molecule has 0 saturated heterocycles. The molecule has 2 heterocycles. The van der Waals surface area contributed by atoms with Gasteiger partial charge in [-0.1, -0.05) is 49.4 Å². The van der Waals surface area contributed by atoms with Gasteiger partial charge in [-0.2, -0.15) is 0 Å². The van der Waals surface area contributed by atoms with Crippen LogP contribution in [-0.2, 0) is 17.6 Å². The van der Waals surface area contributed by atoms with Gasteiger partial charge >= 0.3 is 5.97 Å². The summed E-state index contributed by atoms with van der Waals surface area (Å²) in [5.41, 5.74) is 4.64. The average molecular weight is 359 g/mol. The van der Waals surface area contributed by atoms with E-state index in [2.05, 4.69) is 59.9 Å². The highest BCUT2D eigenvalue weighted by Gasteiger charge is 2.14. The smallest absolute Gasteiger partial charge is 0.341 e. The Labute approximate surface area is 157 Å². The van der Waals surface area contributed by atoms with Crippen molar-refractivity contribution in [1.29, 1.82) is 0 Å². The van der Waals surface area contributed by atoms with Crippen molar-refractivity contribution in [1.82, 2.24) is 4.40 Å². The second-order valence-electron chi connectivity index (χ2n) is 6.59. The van der Waals surface area contributed by atoms with E-state index in [4.69, 9.17) is 9.84 Å². The van der Waals surface area contributed by atoms with E-state index in [0.717, 1.165) is 18.4 Å². The molecule has 4 nitrogen and oxygen atoms in total. The van der Waals surface area contributed by atoms with Gasteiger partial charge in [-0.25, -0.2) is 4.79 Å². The lowest BCUT2D eigenvalue weighted by Gasteiger charge is -2.10. The summed E-state index contributed by atoms with van der Waals surface area (Å²) in [5, 5.41) is 11.4. The zero-order chi connectivity index (χ0) is 18.8. The number of fused-ring (bicyclic) bond motifs is 2. The first-order valence-electron chi connectivity index (χ1n) is 9.10. The molecule has 27 heavy (non-hydrogen) atoms. The fourth-order valence-corrected chi connectivity index (χ4v) is 3.67. The molecule has 4 heteroatoms. The first-order valence-corrected chi connectivity index (χ1v) is 9.10. The van der Waals surface area contributed by atoms with E-state index in [9.17, 15) is 4.79 Å². The average Bonchev–Trinajstić information content (AvgIpc) is 3.05. The van der Waals surface area contributed by atoms with Crippen LogP contribution in [0.1, 0.15) is 23.7 Å². The van der Waals surface area contributed by atoms with Crippen LogP contribution >= 0.6 is 0 Å². The van der Waals surface area contributed by atoms with Crippen molar-refractivity contribution in [2.75, 3.05) is 6.61 Å². The fourth-order valence-electron chi connectivity index (χ4n) is 3.67. The molecule has 4 rings (SSSR count). The Hall–Kier alpha value is -3.27. The maximum atomic E-state index is 10.9. The lowest BCUT2D eigenvalue weighted by atomic mass is 9.99. The van der Waals surface area contributed by atoms with Gasteiger partial charge in [-0.3, -0.25) is 0 Å². The van der Waals surface area contributed by atoms with E-state index in [1.807, 2.05) is 18.3 Å². The van der Waals surface area contributed by atoms with Crippen LogP contribution < -0.4 is 4.74 Å². The molecular weight excluding hydrogens is 338 g/mol. The molecule has 2 aromatic carbocycles. The van der Waals surface area contributed by atoms with E-state index in [0.29, 0.717) is 5.75 Å². The van der Waals surface area contributed by atoms with Crippen LogP contribution in [0.5, 0.6) is 5.75 Å². The molecule has 2 aromatic heterocycles. The predicted molar refractivity (Wildman–Crippen MR) is 107 cm³/mol. The van der Waals surface area contributed by atoms with Crippen LogP contribution in [0.4, 0.5) is 0 Å². The van der Waals surface area contributed by atoms with Gasteiger partial charge in [0.05, 0.1) is 5.52 Å². The first-order chi connectivity index (χ1) is 13.2. The molecular formula is C23H21NO3. The number of ether oxygens (including phenoxy) is 1. The number of aryl methyl sites for hydroxylation is 1. The molecule has 136 valence electrons. The molecule has 0 spiro atoms. The largest absolute Gasteiger partial charge is 0.480 e. The van der Waals surface area contributed by atoms with Crippen LogP contribution in [0, 0.1) is 0 Å². The number of nitrogens with zero attached hydrogens (tertiary/aromatic N) is 1. The third-order valence-corrected chi connectivity index (χ3v) is 4.94. The summed E-state index contributed by atoms with van der Waals surface area (Å²) in [5.74, 6) is -0.381. The van der Waals surface area contributed by atoms with E-state index in [1.165, 1.54) is 27.6 Å². The van der Waals surface area contributed by atoms with Crippen molar-refractivity contribution in [2.45, 2.75) is 19.8 Å². The highest BCUT2D eigenvalue weighted by Crippen LogP contribution is 2.29. The van der Waals surface area contributed by atoms with Gasteiger partial charge in [-0.15, -0.1) is 0 Å². The highest BCUT2D eigenvalue weighted by atomic mass is 16.5. The van der Waals surface area contributed by atoms with Gasteiger partial charge in [0.2, 0.25) is 0 Å². The van der Waals surface area contributed by atoms with Gasteiger partial charge < -0.3 is 14.2 Å². The summed E-state index contributed by atoms with van der Waals surface area (Å²) >= 11 is 0. The third kappa shape index (κ3) is 3.26. The van der Waals surface area contributed by atoms with Crippen LogP contribution in [0.25, 0.3) is 16.3 Å². The van der Waals surface area contributed by atoms with Gasteiger partial charge in [-0.05, 0) is 46.5 Å². The number of benzene rings is 2. The molecule has 4 aromatic rings. The Morgan fingerprint density at radius 1 is 1.04 bits per heavy atom. The lowest BCUT2D eigenvalue weighted by molar-refractivity contribution is -0.139. The second-order valence-corrected chi connectivity index (χ2v) is 6.59. The lowest BCUT2D eigenvalue weighted by Crippen LogP contribution is -2.10. The number of rotatable bonds is 6. The van der Waals surface area contributed by atoms with Crippen LogP contribution in [0.15, 0.2) is 66.9 Å². The summed E-state index contributed by atoms with van der Waals surface area (Å²) in [4.78, 5) is 10.9. The Balaban J connectivity index is 1.81. The minimum atomic E-state index is -0.977. The Bertz CT molecular complexity index is 1120. The van der Waals surface area contributed by atoms with E-state index in [-0.39, 0.29) is 6.61 Å². The highest BCUT2D eigenvalue weighted by molar-refractivity contribution is 5.86. The molecule has 0 saturated carbocycles. The predicted octanol–water partition coefficient (Wildman–Crippen LogP) is 4.71. The second kappa shape index (κ2) is 7.16. The molecule has 0 amide bonds. The quantitative estimate of drug-likeness (QED) is 0.542. The van der Waals surface area contributed by atoms with Crippen molar-refractivity contribution >= 4 is 22.3 Å². The molecule has 1 N–H and O–H groups in total. The van der Waals surface area contributed by atoms with Crippen molar-refractivity contribution in [2.24, 2.45) is 0 Å². The summed E-state index contributed by atoms with van der Waals surface area (Å²) in [7, 11) is 0. The van der Waals surface area contributed by atoms with Crippen molar-refractivity contribution < 1.29 is 14.6 Å². The van der Waals surface area contributed by atoms with E-state index < -0.39 is 5.97 Å². The van der Waals surface area contributed by atoms with Crippen molar-refractivity contribution in [3.8, 4) is 5.75 Å². The minimum Gasteiger partial charge on any atom is -0.480 e. The summed E-state index contributed by atoms with van der Waals surface area (Å²) in [6, 6.07) is 20.7. The normalized spacial score (nSPS) is 11.1. The number of aromatic nitrogens is 1. The molecule has 0 aliphatic rings. The van der Waals surface area contributed by atoms with Gasteiger partial charge in [0.1, 0.15) is 5.75 Å². The Kier molecular flexibility index (Phi) is 4.55. The number of carbonyl (C=O) groups is 1. The molecule has 0 bridgehead atoms. The number of hydrogen-bond acceptors (Lipinski definition) is 2. The molecule has 0 radical (unpaired) electrons. The zero-order valence-electron chi connectivity index (χ0n) is 15.2. The van der Waals surface area contributed by atoms with Crippen LogP contribution in [0.3, 0.4) is 0 Å². The van der Waals surface area contributed by atoms with Gasteiger partial charge in [0, 0.05) is 18.3 Å². The molecule has 0 aliphatic carbocycles. The monoisotopic (exact) mass is 359 g/mol. The third-order valence-electron chi connectivity index (χ3n) is 4.94. The maximum absolute atomic E-state index is 10.9. The molecule has 0 fully saturated rings. The standard InChI is InChI=1S/C23H21NO3/c1-2-16-13-21-22(27-15-23(25)26)11-6-12-24(21)20(16)14-18-9-5-8-17-7-3-4-10-19(17)18/h3-13H,2,14-15H2,1H3,(H,25,26). The number of carboxylic acids is 1. The summed E-state index contributed by atoms with van der Waals surface area (Å²) in [6.07, 6.45) is 3.73. The van der Waals surface area contributed by atoms with E-state index >= 15 is 0 Å². The molecule has 0 unspecified atom stereocenters. The van der Waals surface area contributed by atoms with Crippen LogP contribution in [-0.4, -0.2) is 22.1 Å². The zero-order valence-corrected chi connectivity index (χ0v) is 15.2. The molecule has 0 atom stereocenters. The number of carboxylic acid groups (broad SMARTS) is 1. The SMILES string of the molecule is CCc1cc2c(OCC(=O)O)cccn2c1Cc1cccc2ccccc12. The maximum Gasteiger partial charge on any atom is 0.341 e. The number of aliphatic carboxylic acids is 1. The number of pyridine rings is 1. The Morgan fingerprint density at radius 2 is 1.85 bits per heavy atom. The topological polar surface area (TPSA) is 50.9 Å². The fraction of sp³-hybridized carbons (Fsp3) is 0.174. The van der Waals surface area contributed by atoms with Gasteiger partial charge in [0.15, 0.2) is 6.61 Å². The molecule has 0 aliphatic heterocycles. The van der Waals surface area contributed by atoms with Crippen molar-refractivity contribution in [3.05, 3.63) is 83.7 Å². The first kappa shape index (κ1) is 17.2. The van der Waals surface area contributed by atoms with Crippen molar-refractivity contribution in [3.63, 3.8) is 0 Å². The summed E-state index contributed by atoms with van der Waals surface area (Å²) in [6.45, 7) is 1.80. The minimum absolute atomic E-state index is 0.342. The van der Waals surface area contributed by atoms with E-state index in [1.54, 1.807) is 0 Å². The van der Waals surface area contributed by atoms with Gasteiger partial charge in [0.25, 0.3) is 0 Å². The van der Waals surface area contributed by atoms with Crippen LogP contribution in [0.2, 0.25) is 0 Å². The number of hydrogen-bond donors (Lipinski definition) is 1.